The Balaban J connectivity index is 1.73. The number of thiophene rings is 1. The predicted octanol–water partition coefficient (Wildman–Crippen LogP) is 3.60. The lowest BCUT2D eigenvalue weighted by Crippen LogP contribution is -2.42. The summed E-state index contributed by atoms with van der Waals surface area (Å²) in [4.78, 5) is 1.46. The molecule has 1 aliphatic heterocycles. The fourth-order valence-corrected chi connectivity index (χ4v) is 4.40. The van der Waals surface area contributed by atoms with Gasteiger partial charge in [-0.05, 0) is 60.0 Å². The fourth-order valence-electron chi connectivity index (χ4n) is 2.75. The van der Waals surface area contributed by atoms with E-state index in [9.17, 15) is 0 Å². The molecular weight excluding hydrogens is 310 g/mol. The van der Waals surface area contributed by atoms with Crippen LogP contribution in [0.1, 0.15) is 31.1 Å². The third-order valence-electron chi connectivity index (χ3n) is 4.35. The van der Waals surface area contributed by atoms with Crippen LogP contribution in [0.3, 0.4) is 0 Å². The van der Waals surface area contributed by atoms with Gasteiger partial charge >= 0.3 is 0 Å². The van der Waals surface area contributed by atoms with Gasteiger partial charge in [0.25, 0.3) is 0 Å². The van der Waals surface area contributed by atoms with Crippen LogP contribution in [0.5, 0.6) is 0 Å². The number of nitrogens with one attached hydrogen (secondary N) is 1. The van der Waals surface area contributed by atoms with Crippen LogP contribution in [0.25, 0.3) is 0 Å². The van der Waals surface area contributed by atoms with Crippen molar-refractivity contribution in [3.8, 4) is 0 Å². The van der Waals surface area contributed by atoms with E-state index in [0.717, 1.165) is 25.6 Å². The summed E-state index contributed by atoms with van der Waals surface area (Å²) >= 11 is 5.52. The van der Waals surface area contributed by atoms with E-state index in [1.807, 2.05) is 11.3 Å². The number of halogens is 1. The highest BCUT2D eigenvalue weighted by Gasteiger charge is 2.42. The van der Waals surface area contributed by atoms with E-state index in [1.54, 1.807) is 0 Å². The molecule has 1 aromatic heterocycles. The van der Waals surface area contributed by atoms with E-state index in [2.05, 4.69) is 39.6 Å². The SMILES string of the molecule is CC1OCCC1(CNC1CC1)Cc1sccc1Br. The van der Waals surface area contributed by atoms with Gasteiger partial charge in [0.05, 0.1) is 6.10 Å². The van der Waals surface area contributed by atoms with Crippen molar-refractivity contribution in [3.05, 3.63) is 20.8 Å². The Kier molecular flexibility index (Phi) is 3.81. The van der Waals surface area contributed by atoms with Gasteiger partial charge in [-0.15, -0.1) is 11.3 Å². The van der Waals surface area contributed by atoms with Gasteiger partial charge in [0, 0.05) is 34.0 Å². The lowest BCUT2D eigenvalue weighted by atomic mass is 9.78. The maximum absolute atomic E-state index is 5.86. The first-order valence-electron chi connectivity index (χ1n) is 6.76. The van der Waals surface area contributed by atoms with Gasteiger partial charge in [-0.3, -0.25) is 0 Å². The van der Waals surface area contributed by atoms with Crippen LogP contribution in [-0.4, -0.2) is 25.3 Å². The van der Waals surface area contributed by atoms with Crippen LogP contribution in [0, 0.1) is 5.41 Å². The maximum Gasteiger partial charge on any atom is 0.0619 e. The van der Waals surface area contributed by atoms with Crippen molar-refractivity contribution < 1.29 is 4.74 Å². The zero-order chi connectivity index (χ0) is 12.6. The van der Waals surface area contributed by atoms with Gasteiger partial charge in [0.1, 0.15) is 0 Å². The van der Waals surface area contributed by atoms with Crippen LogP contribution in [0.4, 0.5) is 0 Å². The number of ether oxygens (including phenoxy) is 1. The molecule has 2 atom stereocenters. The van der Waals surface area contributed by atoms with Crippen molar-refractivity contribution >= 4 is 27.3 Å². The number of rotatable bonds is 5. The Labute approximate surface area is 121 Å². The summed E-state index contributed by atoms with van der Waals surface area (Å²) in [5.41, 5.74) is 0.288. The first kappa shape index (κ1) is 13.1. The van der Waals surface area contributed by atoms with E-state index < -0.39 is 0 Å². The third-order valence-corrected chi connectivity index (χ3v) is 6.28. The standard InChI is InChI=1S/C14H20BrNOS/c1-10-14(5-6-17-10,9-16-11-2-3-11)8-13-12(15)4-7-18-13/h4,7,10-11,16H,2-3,5-6,8-9H2,1H3. The molecule has 2 nitrogen and oxygen atoms in total. The molecule has 4 heteroatoms. The molecule has 2 heterocycles. The minimum Gasteiger partial charge on any atom is -0.378 e. The number of hydrogen-bond donors (Lipinski definition) is 1. The van der Waals surface area contributed by atoms with Crippen LogP contribution in [-0.2, 0) is 11.2 Å². The molecule has 1 aliphatic carbocycles. The van der Waals surface area contributed by atoms with E-state index >= 15 is 0 Å². The van der Waals surface area contributed by atoms with Gasteiger partial charge in [-0.1, -0.05) is 0 Å². The van der Waals surface area contributed by atoms with Gasteiger partial charge in [-0.25, -0.2) is 0 Å². The zero-order valence-electron chi connectivity index (χ0n) is 10.7. The van der Waals surface area contributed by atoms with E-state index in [1.165, 1.54) is 28.6 Å². The van der Waals surface area contributed by atoms with Gasteiger partial charge in [-0.2, -0.15) is 0 Å². The second-order valence-electron chi connectivity index (χ2n) is 5.65. The van der Waals surface area contributed by atoms with Crippen molar-refractivity contribution in [1.82, 2.24) is 5.32 Å². The lowest BCUT2D eigenvalue weighted by molar-refractivity contribution is 0.0631. The second-order valence-corrected chi connectivity index (χ2v) is 7.50. The van der Waals surface area contributed by atoms with Crippen molar-refractivity contribution in [2.75, 3.05) is 13.2 Å². The van der Waals surface area contributed by atoms with Crippen LogP contribution in [0.2, 0.25) is 0 Å². The molecule has 3 rings (SSSR count). The van der Waals surface area contributed by atoms with Crippen LogP contribution >= 0.6 is 27.3 Å². The Hall–Kier alpha value is 0.100. The molecular formula is C14H20BrNOS. The fraction of sp³-hybridized carbons (Fsp3) is 0.714. The quantitative estimate of drug-likeness (QED) is 0.891. The Morgan fingerprint density at radius 2 is 2.39 bits per heavy atom. The van der Waals surface area contributed by atoms with E-state index in [0.29, 0.717) is 6.10 Å². The molecule has 2 aliphatic rings. The summed E-state index contributed by atoms with van der Waals surface area (Å²) in [5, 5.41) is 5.88. The van der Waals surface area contributed by atoms with E-state index in [4.69, 9.17) is 4.74 Å². The molecule has 18 heavy (non-hydrogen) atoms. The van der Waals surface area contributed by atoms with E-state index in [-0.39, 0.29) is 5.41 Å². The highest BCUT2D eigenvalue weighted by Crippen LogP contribution is 2.41. The molecule has 1 saturated carbocycles. The molecule has 0 radical (unpaired) electrons. The minimum absolute atomic E-state index is 0.288. The van der Waals surface area contributed by atoms with Crippen LogP contribution in [0.15, 0.2) is 15.9 Å². The topological polar surface area (TPSA) is 21.3 Å². The first-order chi connectivity index (χ1) is 8.70. The predicted molar refractivity (Wildman–Crippen MR) is 79.2 cm³/mol. The lowest BCUT2D eigenvalue weighted by Gasteiger charge is -2.32. The monoisotopic (exact) mass is 329 g/mol. The molecule has 0 aromatic carbocycles. The summed E-state index contributed by atoms with van der Waals surface area (Å²) in [6.07, 6.45) is 5.38. The Bertz CT molecular complexity index is 418. The first-order valence-corrected chi connectivity index (χ1v) is 8.44. The number of hydrogen-bond acceptors (Lipinski definition) is 3. The molecule has 0 spiro atoms. The van der Waals surface area contributed by atoms with Crippen molar-refractivity contribution in [2.45, 2.75) is 44.8 Å². The molecule has 0 amide bonds. The second kappa shape index (κ2) is 5.23. The molecule has 100 valence electrons. The van der Waals surface area contributed by atoms with Crippen molar-refractivity contribution in [1.29, 1.82) is 0 Å². The Morgan fingerprint density at radius 1 is 1.56 bits per heavy atom. The highest BCUT2D eigenvalue weighted by molar-refractivity contribution is 9.10. The van der Waals surface area contributed by atoms with Gasteiger partial charge in [0.2, 0.25) is 0 Å². The average molecular weight is 330 g/mol. The van der Waals surface area contributed by atoms with Crippen molar-refractivity contribution in [2.24, 2.45) is 5.41 Å². The highest BCUT2D eigenvalue weighted by atomic mass is 79.9. The Morgan fingerprint density at radius 3 is 2.94 bits per heavy atom. The molecule has 0 bridgehead atoms. The minimum atomic E-state index is 0.288. The summed E-state index contributed by atoms with van der Waals surface area (Å²) < 4.78 is 7.12. The third kappa shape index (κ3) is 2.67. The summed E-state index contributed by atoms with van der Waals surface area (Å²) in [6.45, 7) is 4.25. The summed E-state index contributed by atoms with van der Waals surface area (Å²) in [5.74, 6) is 0. The molecule has 2 fully saturated rings. The molecule has 1 N–H and O–H groups in total. The molecule has 1 saturated heterocycles. The summed E-state index contributed by atoms with van der Waals surface area (Å²) in [7, 11) is 0. The zero-order valence-corrected chi connectivity index (χ0v) is 13.1. The average Bonchev–Trinajstić information content (AvgIpc) is 3.01. The summed E-state index contributed by atoms with van der Waals surface area (Å²) in [6, 6.07) is 2.93. The van der Waals surface area contributed by atoms with Gasteiger partial charge in [0.15, 0.2) is 0 Å². The normalized spacial score (nSPS) is 32.0. The maximum atomic E-state index is 5.86. The smallest absolute Gasteiger partial charge is 0.0619 e. The van der Waals surface area contributed by atoms with Gasteiger partial charge < -0.3 is 10.1 Å². The largest absolute Gasteiger partial charge is 0.378 e. The van der Waals surface area contributed by atoms with Crippen molar-refractivity contribution in [3.63, 3.8) is 0 Å². The molecule has 2 unspecified atom stereocenters. The molecule has 1 aromatic rings. The van der Waals surface area contributed by atoms with Crippen LogP contribution < -0.4 is 5.32 Å².